The van der Waals surface area contributed by atoms with Crippen molar-refractivity contribution in [1.82, 2.24) is 4.72 Å². The molecule has 0 aromatic carbocycles. The monoisotopic (exact) mass is 249 g/mol. The summed E-state index contributed by atoms with van der Waals surface area (Å²) in [5, 5.41) is 8.81. The zero-order chi connectivity index (χ0) is 12.0. The van der Waals surface area contributed by atoms with Crippen LogP contribution in [0.15, 0.2) is 0 Å². The summed E-state index contributed by atoms with van der Waals surface area (Å²) in [6, 6.07) is 0. The zero-order valence-corrected chi connectivity index (χ0v) is 10.8. The molecule has 1 aliphatic carbocycles. The molecule has 1 atom stereocenters. The van der Waals surface area contributed by atoms with Crippen molar-refractivity contribution in [2.75, 3.05) is 18.9 Å². The summed E-state index contributed by atoms with van der Waals surface area (Å²) < 4.78 is 26.0. The fraction of sp³-hybridized carbons (Fsp3) is 1.00. The van der Waals surface area contributed by atoms with Crippen molar-refractivity contribution in [1.29, 1.82) is 0 Å². The van der Waals surface area contributed by atoms with E-state index in [1.165, 1.54) is 6.42 Å². The molecule has 1 saturated carbocycles. The van der Waals surface area contributed by atoms with Gasteiger partial charge >= 0.3 is 0 Å². The van der Waals surface area contributed by atoms with Crippen molar-refractivity contribution >= 4 is 10.0 Å². The molecule has 0 aromatic rings. The van der Waals surface area contributed by atoms with E-state index in [1.54, 1.807) is 0 Å². The Bertz CT molecular complexity index is 286. The Labute approximate surface area is 98.5 Å². The number of aliphatic hydroxyl groups is 1. The van der Waals surface area contributed by atoms with Crippen molar-refractivity contribution in [2.45, 2.75) is 39.0 Å². The van der Waals surface area contributed by atoms with Crippen molar-refractivity contribution < 1.29 is 13.5 Å². The first-order valence-corrected chi connectivity index (χ1v) is 7.80. The van der Waals surface area contributed by atoms with Crippen LogP contribution >= 0.6 is 0 Å². The van der Waals surface area contributed by atoms with Gasteiger partial charge in [0.25, 0.3) is 0 Å². The molecule has 4 nitrogen and oxygen atoms in total. The van der Waals surface area contributed by atoms with Gasteiger partial charge in [-0.2, -0.15) is 0 Å². The second-order valence-corrected chi connectivity index (χ2v) is 6.56. The van der Waals surface area contributed by atoms with Crippen LogP contribution in [0.4, 0.5) is 0 Å². The minimum Gasteiger partial charge on any atom is -0.396 e. The van der Waals surface area contributed by atoms with Crippen LogP contribution in [-0.4, -0.2) is 32.4 Å². The molecule has 0 bridgehead atoms. The number of aliphatic hydroxyl groups excluding tert-OH is 1. The summed E-state index contributed by atoms with van der Waals surface area (Å²) in [6.45, 7) is 2.61. The van der Waals surface area contributed by atoms with Gasteiger partial charge in [0, 0.05) is 13.2 Å². The molecule has 1 rings (SSSR count). The maximum absolute atomic E-state index is 11.7. The van der Waals surface area contributed by atoms with Gasteiger partial charge in [0.2, 0.25) is 10.0 Å². The SMILES string of the molecule is CCC(CCO)CNS(=O)(=O)CC1CCC1. The molecule has 0 saturated heterocycles. The molecular formula is C11H23NO3S. The normalized spacial score (nSPS) is 19.4. The van der Waals surface area contributed by atoms with Gasteiger partial charge in [0.15, 0.2) is 0 Å². The van der Waals surface area contributed by atoms with E-state index in [0.717, 1.165) is 19.3 Å². The molecule has 0 aromatic heterocycles. The van der Waals surface area contributed by atoms with Crippen LogP contribution in [0.1, 0.15) is 39.0 Å². The fourth-order valence-electron chi connectivity index (χ4n) is 1.91. The Morgan fingerprint density at radius 3 is 2.56 bits per heavy atom. The number of hydrogen-bond donors (Lipinski definition) is 2. The van der Waals surface area contributed by atoms with Crippen LogP contribution in [0, 0.1) is 11.8 Å². The van der Waals surface area contributed by atoms with Crippen molar-refractivity contribution in [3.8, 4) is 0 Å². The van der Waals surface area contributed by atoms with Crippen molar-refractivity contribution in [3.05, 3.63) is 0 Å². The summed E-state index contributed by atoms with van der Waals surface area (Å²) >= 11 is 0. The molecular weight excluding hydrogens is 226 g/mol. The van der Waals surface area contributed by atoms with Gasteiger partial charge in [-0.1, -0.05) is 19.8 Å². The molecule has 0 spiro atoms. The number of hydrogen-bond acceptors (Lipinski definition) is 3. The largest absolute Gasteiger partial charge is 0.396 e. The quantitative estimate of drug-likeness (QED) is 0.677. The Morgan fingerprint density at radius 2 is 2.12 bits per heavy atom. The predicted molar refractivity (Wildman–Crippen MR) is 64.6 cm³/mol. The standard InChI is InChI=1S/C11H23NO3S/c1-2-10(6-7-13)8-12-16(14,15)9-11-4-3-5-11/h10-13H,2-9H2,1H3. The zero-order valence-electron chi connectivity index (χ0n) is 9.98. The minimum absolute atomic E-state index is 0.128. The van der Waals surface area contributed by atoms with E-state index in [-0.39, 0.29) is 18.3 Å². The fourth-order valence-corrected chi connectivity index (χ4v) is 3.47. The summed E-state index contributed by atoms with van der Waals surface area (Å²) in [5.41, 5.74) is 0. The molecule has 1 unspecified atom stereocenters. The molecule has 0 heterocycles. The molecule has 0 radical (unpaired) electrons. The van der Waals surface area contributed by atoms with E-state index in [1.807, 2.05) is 6.92 Å². The second-order valence-electron chi connectivity index (χ2n) is 4.71. The summed E-state index contributed by atoms with van der Waals surface area (Å²) in [4.78, 5) is 0. The van der Waals surface area contributed by atoms with Crippen LogP contribution in [0.2, 0.25) is 0 Å². The molecule has 2 N–H and O–H groups in total. The topological polar surface area (TPSA) is 66.4 Å². The summed E-state index contributed by atoms with van der Waals surface area (Å²) in [6.07, 6.45) is 4.83. The van der Waals surface area contributed by atoms with Crippen LogP contribution in [0.5, 0.6) is 0 Å². The lowest BCUT2D eigenvalue weighted by Gasteiger charge is -2.25. The van der Waals surface area contributed by atoms with Crippen LogP contribution in [0.3, 0.4) is 0 Å². The lowest BCUT2D eigenvalue weighted by atomic mass is 9.87. The van der Waals surface area contributed by atoms with Gasteiger partial charge in [0.05, 0.1) is 5.75 Å². The molecule has 5 heteroatoms. The number of rotatable bonds is 8. The lowest BCUT2D eigenvalue weighted by molar-refractivity contribution is 0.254. The summed E-state index contributed by atoms with van der Waals surface area (Å²) in [5.74, 6) is 0.902. The average molecular weight is 249 g/mol. The lowest BCUT2D eigenvalue weighted by Crippen LogP contribution is -2.35. The molecule has 16 heavy (non-hydrogen) atoms. The Balaban J connectivity index is 2.28. The van der Waals surface area contributed by atoms with Crippen LogP contribution in [-0.2, 0) is 10.0 Å². The first-order chi connectivity index (χ1) is 7.57. The maximum atomic E-state index is 11.7. The molecule has 0 amide bonds. The molecule has 1 fully saturated rings. The molecule has 96 valence electrons. The van der Waals surface area contributed by atoms with E-state index in [0.29, 0.717) is 18.9 Å². The smallest absolute Gasteiger partial charge is 0.211 e. The minimum atomic E-state index is -3.10. The Morgan fingerprint density at radius 1 is 1.44 bits per heavy atom. The third-order valence-corrected chi connectivity index (χ3v) is 4.90. The van der Waals surface area contributed by atoms with Gasteiger partial charge in [-0.05, 0) is 31.1 Å². The highest BCUT2D eigenvalue weighted by Crippen LogP contribution is 2.27. The van der Waals surface area contributed by atoms with E-state index in [9.17, 15) is 8.42 Å². The molecule has 0 aliphatic heterocycles. The van der Waals surface area contributed by atoms with E-state index >= 15 is 0 Å². The van der Waals surface area contributed by atoms with Crippen molar-refractivity contribution in [3.63, 3.8) is 0 Å². The Kier molecular flexibility index (Phi) is 5.72. The molecule has 1 aliphatic rings. The Hall–Kier alpha value is -0.130. The van der Waals surface area contributed by atoms with Crippen LogP contribution in [0.25, 0.3) is 0 Å². The van der Waals surface area contributed by atoms with Gasteiger partial charge in [-0.15, -0.1) is 0 Å². The van der Waals surface area contributed by atoms with Gasteiger partial charge < -0.3 is 5.11 Å². The van der Waals surface area contributed by atoms with Gasteiger partial charge in [0.1, 0.15) is 0 Å². The highest BCUT2D eigenvalue weighted by atomic mass is 32.2. The average Bonchev–Trinajstić information content (AvgIpc) is 2.19. The highest BCUT2D eigenvalue weighted by Gasteiger charge is 2.24. The highest BCUT2D eigenvalue weighted by molar-refractivity contribution is 7.89. The number of nitrogens with one attached hydrogen (secondary N) is 1. The van der Waals surface area contributed by atoms with E-state index in [4.69, 9.17) is 5.11 Å². The van der Waals surface area contributed by atoms with E-state index in [2.05, 4.69) is 4.72 Å². The van der Waals surface area contributed by atoms with Crippen LogP contribution < -0.4 is 4.72 Å². The van der Waals surface area contributed by atoms with Crippen molar-refractivity contribution in [2.24, 2.45) is 11.8 Å². The van der Waals surface area contributed by atoms with Gasteiger partial charge in [-0.3, -0.25) is 0 Å². The third-order valence-electron chi connectivity index (χ3n) is 3.39. The first-order valence-electron chi connectivity index (χ1n) is 6.15. The third kappa shape index (κ3) is 4.80. The summed E-state index contributed by atoms with van der Waals surface area (Å²) in [7, 11) is -3.10. The van der Waals surface area contributed by atoms with E-state index < -0.39 is 10.0 Å². The second kappa shape index (κ2) is 6.57. The maximum Gasteiger partial charge on any atom is 0.211 e. The number of sulfonamides is 1. The predicted octanol–water partition coefficient (Wildman–Crippen LogP) is 1.11. The van der Waals surface area contributed by atoms with Gasteiger partial charge in [-0.25, -0.2) is 13.1 Å². The first kappa shape index (κ1) is 13.9.